The fraction of sp³-hybridized carbons (Fsp3) is 0.387. The van der Waals surface area contributed by atoms with E-state index in [1.165, 1.54) is 22.0 Å². The lowest BCUT2D eigenvalue weighted by molar-refractivity contribution is 0.440. The molecule has 180 valence electrons. The number of aliphatic imine (C=N–C) groups is 1. The molecular formula is C31H40NOP. The maximum absolute atomic E-state index is 11.5. The Morgan fingerprint density at radius 2 is 1.65 bits per heavy atom. The molecule has 0 radical (unpaired) electrons. The van der Waals surface area contributed by atoms with Gasteiger partial charge in [-0.3, -0.25) is 4.99 Å². The molecule has 2 atom stereocenters. The number of benzene rings is 3. The molecule has 3 aromatic rings. The van der Waals surface area contributed by atoms with E-state index >= 15 is 0 Å². The Labute approximate surface area is 208 Å². The number of aryl methyl sites for hydroxylation is 2. The van der Waals surface area contributed by atoms with Crippen LogP contribution in [0.3, 0.4) is 0 Å². The van der Waals surface area contributed by atoms with Crippen LogP contribution in [-0.4, -0.2) is 17.9 Å². The first-order chi connectivity index (χ1) is 16.3. The van der Waals surface area contributed by atoms with E-state index in [1.807, 2.05) is 13.1 Å². The van der Waals surface area contributed by atoms with Crippen LogP contribution in [0, 0.1) is 13.8 Å². The van der Waals surface area contributed by atoms with Gasteiger partial charge in [0, 0.05) is 28.9 Å². The summed E-state index contributed by atoms with van der Waals surface area (Å²) in [6.07, 6.45) is 3.02. The molecule has 0 aliphatic heterocycles. The van der Waals surface area contributed by atoms with Gasteiger partial charge in [-0.05, 0) is 55.5 Å². The minimum Gasteiger partial charge on any atom is -0.507 e. The minimum absolute atomic E-state index is 0.173. The molecule has 1 N–H and O–H groups in total. The summed E-state index contributed by atoms with van der Waals surface area (Å²) in [6.45, 7) is 13.3. The van der Waals surface area contributed by atoms with Crippen LogP contribution in [0.5, 0.6) is 5.75 Å². The zero-order valence-electron chi connectivity index (χ0n) is 21.9. The van der Waals surface area contributed by atoms with Crippen LogP contribution in [0.2, 0.25) is 0 Å². The van der Waals surface area contributed by atoms with Gasteiger partial charge < -0.3 is 5.11 Å². The average molecular weight is 474 g/mol. The van der Waals surface area contributed by atoms with Gasteiger partial charge in [0.2, 0.25) is 0 Å². The van der Waals surface area contributed by atoms with Crippen molar-refractivity contribution in [2.45, 2.75) is 71.9 Å². The molecule has 0 spiro atoms. The molecule has 3 aromatic carbocycles. The first-order valence-corrected chi connectivity index (χ1v) is 13.5. The average Bonchev–Trinajstić information content (AvgIpc) is 2.84. The monoisotopic (exact) mass is 473 g/mol. The molecule has 2 unspecified atom stereocenters. The maximum Gasteiger partial charge on any atom is 0.123 e. The minimum atomic E-state index is -0.173. The maximum atomic E-state index is 11.5. The molecule has 3 rings (SSSR count). The van der Waals surface area contributed by atoms with E-state index in [4.69, 9.17) is 4.99 Å². The van der Waals surface area contributed by atoms with Gasteiger partial charge in [0.25, 0.3) is 0 Å². The van der Waals surface area contributed by atoms with Gasteiger partial charge in [0.05, 0.1) is 5.71 Å². The molecule has 0 amide bonds. The number of hydrogen-bond donors (Lipinski definition) is 1. The van der Waals surface area contributed by atoms with Crippen LogP contribution >= 0.6 is 8.58 Å². The smallest absolute Gasteiger partial charge is 0.123 e. The fourth-order valence-electron chi connectivity index (χ4n) is 4.92. The first kappa shape index (κ1) is 26.2. The van der Waals surface area contributed by atoms with Crippen LogP contribution in [0.4, 0.5) is 0 Å². The fourth-order valence-corrected chi connectivity index (χ4v) is 6.59. The standard InChI is InChI=1S/C31H40NOP/c1-8-23(9-2)26-19-21(4)20-27(29(26)33)31(6,10-3)34-30-22(5)15-14-18-25(30)28(32-7)24-16-12-11-13-17-24/h11-20,23,33-34H,8-10H2,1-7H3. The van der Waals surface area contributed by atoms with Crippen LogP contribution in [0.15, 0.2) is 65.7 Å². The summed E-state index contributed by atoms with van der Waals surface area (Å²) in [5.41, 5.74) is 8.04. The van der Waals surface area contributed by atoms with Gasteiger partial charge in [-0.2, -0.15) is 0 Å². The van der Waals surface area contributed by atoms with E-state index in [1.54, 1.807) is 0 Å². The third kappa shape index (κ3) is 5.28. The third-order valence-electron chi connectivity index (χ3n) is 7.21. The Kier molecular flexibility index (Phi) is 8.72. The van der Waals surface area contributed by atoms with Gasteiger partial charge in [-0.15, -0.1) is 0 Å². The highest BCUT2D eigenvalue weighted by Crippen LogP contribution is 2.50. The number of nitrogens with zero attached hydrogens (tertiary/aromatic N) is 1. The highest BCUT2D eigenvalue weighted by atomic mass is 31.1. The molecule has 0 aliphatic carbocycles. The second kappa shape index (κ2) is 11.3. The zero-order valence-corrected chi connectivity index (χ0v) is 22.9. The number of phenols is 1. The van der Waals surface area contributed by atoms with Crippen LogP contribution < -0.4 is 5.30 Å². The van der Waals surface area contributed by atoms with Gasteiger partial charge in [-0.1, -0.05) is 103 Å². The lowest BCUT2D eigenvalue weighted by Gasteiger charge is -2.33. The number of phenolic OH excluding ortho intramolecular Hbond substituents is 1. The van der Waals surface area contributed by atoms with Gasteiger partial charge in [0.1, 0.15) is 5.75 Å². The Balaban J connectivity index is 2.16. The molecular weight excluding hydrogens is 433 g/mol. The van der Waals surface area contributed by atoms with E-state index < -0.39 is 0 Å². The largest absolute Gasteiger partial charge is 0.507 e. The summed E-state index contributed by atoms with van der Waals surface area (Å²) in [7, 11) is 2.39. The lowest BCUT2D eigenvalue weighted by Crippen LogP contribution is -2.24. The molecule has 34 heavy (non-hydrogen) atoms. The molecule has 2 nitrogen and oxygen atoms in total. The first-order valence-electron chi connectivity index (χ1n) is 12.5. The normalized spacial score (nSPS) is 14.2. The SMILES string of the molecule is CCC(CC)c1cc(C)cc(C(C)(CC)Pc2c(C)cccc2C(=NC)c2ccccc2)c1O. The summed E-state index contributed by atoms with van der Waals surface area (Å²) in [5, 5.41) is 12.7. The second-order valence-corrected chi connectivity index (χ2v) is 11.4. The molecule has 0 heterocycles. The molecule has 0 fully saturated rings. The topological polar surface area (TPSA) is 32.6 Å². The predicted octanol–water partition coefficient (Wildman–Crippen LogP) is 8.01. The summed E-state index contributed by atoms with van der Waals surface area (Å²) in [4.78, 5) is 4.72. The summed E-state index contributed by atoms with van der Waals surface area (Å²) in [6, 6.07) is 21.4. The number of rotatable bonds is 9. The summed E-state index contributed by atoms with van der Waals surface area (Å²) in [5.74, 6) is 0.882. The Morgan fingerprint density at radius 1 is 0.971 bits per heavy atom. The Bertz CT molecular complexity index is 1150. The zero-order chi connectivity index (χ0) is 24.9. The lowest BCUT2D eigenvalue weighted by atomic mass is 9.86. The van der Waals surface area contributed by atoms with Gasteiger partial charge >= 0.3 is 0 Å². The number of hydrogen-bond acceptors (Lipinski definition) is 2. The van der Waals surface area contributed by atoms with E-state index in [-0.39, 0.29) is 5.16 Å². The van der Waals surface area contributed by atoms with Crippen molar-refractivity contribution in [2.24, 2.45) is 4.99 Å². The van der Waals surface area contributed by atoms with Gasteiger partial charge in [-0.25, -0.2) is 0 Å². The Morgan fingerprint density at radius 3 is 2.24 bits per heavy atom. The van der Waals surface area contributed by atoms with E-state index in [0.717, 1.165) is 41.7 Å². The van der Waals surface area contributed by atoms with Crippen LogP contribution in [0.25, 0.3) is 0 Å². The molecule has 0 saturated carbocycles. The van der Waals surface area contributed by atoms with Crippen molar-refractivity contribution in [1.82, 2.24) is 0 Å². The van der Waals surface area contributed by atoms with E-state index in [0.29, 0.717) is 20.2 Å². The molecule has 0 aliphatic rings. The molecule has 0 aromatic heterocycles. The quantitative estimate of drug-likeness (QED) is 0.248. The third-order valence-corrected chi connectivity index (χ3v) is 9.30. The van der Waals surface area contributed by atoms with Crippen molar-refractivity contribution in [2.75, 3.05) is 7.05 Å². The number of aromatic hydroxyl groups is 1. The van der Waals surface area contributed by atoms with E-state index in [9.17, 15) is 5.11 Å². The van der Waals surface area contributed by atoms with Gasteiger partial charge in [0.15, 0.2) is 0 Å². The van der Waals surface area contributed by atoms with E-state index in [2.05, 4.69) is 96.1 Å². The van der Waals surface area contributed by atoms with Crippen molar-refractivity contribution >= 4 is 19.6 Å². The van der Waals surface area contributed by atoms with Crippen molar-refractivity contribution in [3.8, 4) is 5.75 Å². The molecule has 0 bridgehead atoms. The summed E-state index contributed by atoms with van der Waals surface area (Å²) >= 11 is 0. The van der Waals surface area contributed by atoms with Crippen molar-refractivity contribution in [3.63, 3.8) is 0 Å². The van der Waals surface area contributed by atoms with Crippen molar-refractivity contribution in [3.05, 3.63) is 94.0 Å². The Hall–Kier alpha value is -2.44. The van der Waals surface area contributed by atoms with Crippen molar-refractivity contribution < 1.29 is 5.11 Å². The van der Waals surface area contributed by atoms with Crippen molar-refractivity contribution in [1.29, 1.82) is 0 Å². The van der Waals surface area contributed by atoms with Crippen LogP contribution in [-0.2, 0) is 5.16 Å². The highest BCUT2D eigenvalue weighted by Gasteiger charge is 2.32. The van der Waals surface area contributed by atoms with Crippen LogP contribution in [0.1, 0.15) is 86.3 Å². The highest BCUT2D eigenvalue weighted by molar-refractivity contribution is 7.49. The second-order valence-electron chi connectivity index (χ2n) is 9.51. The summed E-state index contributed by atoms with van der Waals surface area (Å²) < 4.78 is 0. The molecule has 3 heteroatoms. The molecule has 0 saturated heterocycles. The predicted molar refractivity (Wildman–Crippen MR) is 151 cm³/mol.